The Hall–Kier alpha value is -1.81. The molecule has 24 heavy (non-hydrogen) atoms. The summed E-state index contributed by atoms with van der Waals surface area (Å²) in [5, 5.41) is 0. The van der Waals surface area contributed by atoms with Crippen LogP contribution in [-0.2, 0) is 4.79 Å². The van der Waals surface area contributed by atoms with Crippen LogP contribution < -0.4 is 4.90 Å². The van der Waals surface area contributed by atoms with Crippen molar-refractivity contribution in [2.24, 2.45) is 0 Å². The molecule has 1 aromatic carbocycles. The van der Waals surface area contributed by atoms with Crippen molar-refractivity contribution in [2.75, 3.05) is 45.2 Å². The van der Waals surface area contributed by atoms with Crippen molar-refractivity contribution in [3.05, 3.63) is 35.9 Å². The first-order valence-electron chi connectivity index (χ1n) is 9.12. The third kappa shape index (κ3) is 4.18. The molecule has 1 atom stereocenters. The zero-order chi connectivity index (χ0) is 16.9. The van der Waals surface area contributed by atoms with Gasteiger partial charge < -0.3 is 14.7 Å². The van der Waals surface area contributed by atoms with Crippen molar-refractivity contribution < 1.29 is 4.79 Å². The zero-order valence-electron chi connectivity index (χ0n) is 14.9. The fourth-order valence-electron chi connectivity index (χ4n) is 3.73. The summed E-state index contributed by atoms with van der Waals surface area (Å²) in [6.07, 6.45) is 8.58. The fraction of sp³-hybridized carbons (Fsp3) is 0.550. The van der Waals surface area contributed by atoms with Crippen LogP contribution in [0.1, 0.15) is 31.2 Å². The lowest BCUT2D eigenvalue weighted by molar-refractivity contribution is -0.127. The Balaban J connectivity index is 1.58. The molecule has 0 aromatic heterocycles. The second-order valence-corrected chi connectivity index (χ2v) is 7.15. The molecule has 4 heteroatoms. The van der Waals surface area contributed by atoms with E-state index in [1.165, 1.54) is 31.6 Å². The summed E-state index contributed by atoms with van der Waals surface area (Å²) in [5.41, 5.74) is 2.24. The van der Waals surface area contributed by atoms with E-state index in [0.717, 1.165) is 31.5 Å². The average molecular weight is 327 g/mol. The standard InChI is InChI=1S/C20H29N3O/c1-21(2)18-10-7-17(8-11-18)9-12-20(24)23-15-5-6-19(23)16-22-13-3-4-14-22/h7-12,19H,3-6,13-16H2,1-2H3. The van der Waals surface area contributed by atoms with E-state index in [4.69, 9.17) is 0 Å². The van der Waals surface area contributed by atoms with Gasteiger partial charge in [-0.05, 0) is 62.5 Å². The predicted molar refractivity (Wildman–Crippen MR) is 100 cm³/mol. The van der Waals surface area contributed by atoms with Gasteiger partial charge in [0.25, 0.3) is 0 Å². The maximum Gasteiger partial charge on any atom is 0.246 e. The smallest absolute Gasteiger partial charge is 0.246 e. The van der Waals surface area contributed by atoms with Crippen molar-refractivity contribution in [1.29, 1.82) is 0 Å². The topological polar surface area (TPSA) is 26.8 Å². The molecule has 4 nitrogen and oxygen atoms in total. The summed E-state index contributed by atoms with van der Waals surface area (Å²) in [6, 6.07) is 8.68. The van der Waals surface area contributed by atoms with Gasteiger partial charge in [0, 0.05) is 45.0 Å². The number of carbonyl (C=O) groups is 1. The second-order valence-electron chi connectivity index (χ2n) is 7.15. The molecule has 2 heterocycles. The van der Waals surface area contributed by atoms with E-state index < -0.39 is 0 Å². The lowest BCUT2D eigenvalue weighted by Gasteiger charge is -2.27. The molecular formula is C20H29N3O. The first kappa shape index (κ1) is 17.0. The number of hydrogen-bond donors (Lipinski definition) is 0. The minimum Gasteiger partial charge on any atom is -0.378 e. The predicted octanol–water partition coefficient (Wildman–Crippen LogP) is 2.85. The zero-order valence-corrected chi connectivity index (χ0v) is 14.9. The largest absolute Gasteiger partial charge is 0.378 e. The number of nitrogens with zero attached hydrogens (tertiary/aromatic N) is 3. The van der Waals surface area contributed by atoms with Gasteiger partial charge in [-0.3, -0.25) is 4.79 Å². The Morgan fingerprint density at radius 3 is 2.50 bits per heavy atom. The number of benzene rings is 1. The summed E-state index contributed by atoms with van der Waals surface area (Å²) >= 11 is 0. The molecule has 2 aliphatic heterocycles. The summed E-state index contributed by atoms with van der Waals surface area (Å²) in [7, 11) is 4.06. The highest BCUT2D eigenvalue weighted by Crippen LogP contribution is 2.21. The molecule has 2 fully saturated rings. The van der Waals surface area contributed by atoms with Gasteiger partial charge >= 0.3 is 0 Å². The third-order valence-electron chi connectivity index (χ3n) is 5.16. The minimum absolute atomic E-state index is 0.161. The van der Waals surface area contributed by atoms with E-state index in [2.05, 4.69) is 39.0 Å². The molecule has 0 spiro atoms. The Morgan fingerprint density at radius 2 is 1.83 bits per heavy atom. The monoisotopic (exact) mass is 327 g/mol. The number of amides is 1. The first-order chi connectivity index (χ1) is 11.6. The highest BCUT2D eigenvalue weighted by molar-refractivity contribution is 5.92. The molecule has 2 saturated heterocycles. The lowest BCUT2D eigenvalue weighted by Crippen LogP contribution is -2.41. The quantitative estimate of drug-likeness (QED) is 0.778. The van der Waals surface area contributed by atoms with E-state index >= 15 is 0 Å². The number of rotatable bonds is 5. The summed E-state index contributed by atoms with van der Waals surface area (Å²) in [6.45, 7) is 4.36. The molecule has 1 amide bonds. The Bertz CT molecular complexity index is 573. The molecule has 0 aliphatic carbocycles. The molecule has 0 saturated carbocycles. The van der Waals surface area contributed by atoms with Crippen LogP contribution in [0, 0.1) is 0 Å². The summed E-state index contributed by atoms with van der Waals surface area (Å²) in [4.78, 5) is 19.3. The Kier molecular flexibility index (Phi) is 5.56. The number of anilines is 1. The highest BCUT2D eigenvalue weighted by atomic mass is 16.2. The maximum atomic E-state index is 12.6. The molecule has 0 N–H and O–H groups in total. The second kappa shape index (κ2) is 7.84. The number of likely N-dealkylation sites (tertiary alicyclic amines) is 2. The van der Waals surface area contributed by atoms with Crippen LogP contribution in [0.5, 0.6) is 0 Å². The molecule has 0 bridgehead atoms. The summed E-state index contributed by atoms with van der Waals surface area (Å²) in [5.74, 6) is 0.161. The summed E-state index contributed by atoms with van der Waals surface area (Å²) < 4.78 is 0. The van der Waals surface area contributed by atoms with Gasteiger partial charge in [-0.2, -0.15) is 0 Å². The molecule has 3 rings (SSSR count). The van der Waals surface area contributed by atoms with Crippen LogP contribution in [0.4, 0.5) is 5.69 Å². The average Bonchev–Trinajstić information content (AvgIpc) is 3.25. The first-order valence-corrected chi connectivity index (χ1v) is 9.12. The van der Waals surface area contributed by atoms with E-state index in [1.807, 2.05) is 20.2 Å². The van der Waals surface area contributed by atoms with Crippen LogP contribution in [0.15, 0.2) is 30.3 Å². The maximum absolute atomic E-state index is 12.6. The van der Waals surface area contributed by atoms with Crippen LogP contribution >= 0.6 is 0 Å². The molecule has 1 unspecified atom stereocenters. The van der Waals surface area contributed by atoms with Crippen molar-refractivity contribution in [3.8, 4) is 0 Å². The van der Waals surface area contributed by atoms with Crippen LogP contribution in [0.2, 0.25) is 0 Å². The third-order valence-corrected chi connectivity index (χ3v) is 5.16. The highest BCUT2D eigenvalue weighted by Gasteiger charge is 2.29. The van der Waals surface area contributed by atoms with Gasteiger partial charge in [0.1, 0.15) is 0 Å². The van der Waals surface area contributed by atoms with Gasteiger partial charge in [0.15, 0.2) is 0 Å². The van der Waals surface area contributed by atoms with Gasteiger partial charge in [-0.1, -0.05) is 12.1 Å². The van der Waals surface area contributed by atoms with Crippen molar-refractivity contribution in [1.82, 2.24) is 9.80 Å². The lowest BCUT2D eigenvalue weighted by atomic mass is 10.1. The van der Waals surface area contributed by atoms with Gasteiger partial charge in [-0.15, -0.1) is 0 Å². The van der Waals surface area contributed by atoms with E-state index in [1.54, 1.807) is 6.08 Å². The molecule has 130 valence electrons. The van der Waals surface area contributed by atoms with Crippen molar-refractivity contribution in [3.63, 3.8) is 0 Å². The van der Waals surface area contributed by atoms with Crippen molar-refractivity contribution >= 4 is 17.7 Å². The van der Waals surface area contributed by atoms with Crippen LogP contribution in [0.3, 0.4) is 0 Å². The van der Waals surface area contributed by atoms with Crippen molar-refractivity contribution in [2.45, 2.75) is 31.7 Å². The van der Waals surface area contributed by atoms with Crippen LogP contribution in [-0.4, -0.2) is 62.0 Å². The molecule has 1 aromatic rings. The number of carbonyl (C=O) groups excluding carboxylic acids is 1. The van der Waals surface area contributed by atoms with E-state index in [9.17, 15) is 4.79 Å². The fourth-order valence-corrected chi connectivity index (χ4v) is 3.73. The molecular weight excluding hydrogens is 298 g/mol. The molecule has 2 aliphatic rings. The SMILES string of the molecule is CN(C)c1ccc(C=CC(=O)N2CCCC2CN2CCCC2)cc1. The normalized spacial score (nSPS) is 21.8. The van der Waals surface area contributed by atoms with Crippen LogP contribution in [0.25, 0.3) is 6.08 Å². The van der Waals surface area contributed by atoms with E-state index in [0.29, 0.717) is 6.04 Å². The Labute approximate surface area is 145 Å². The Morgan fingerprint density at radius 1 is 1.12 bits per heavy atom. The number of hydrogen-bond acceptors (Lipinski definition) is 3. The van der Waals surface area contributed by atoms with Gasteiger partial charge in [0.05, 0.1) is 0 Å². The van der Waals surface area contributed by atoms with E-state index in [-0.39, 0.29) is 5.91 Å². The van der Waals surface area contributed by atoms with Gasteiger partial charge in [0.2, 0.25) is 5.91 Å². The van der Waals surface area contributed by atoms with Gasteiger partial charge in [-0.25, -0.2) is 0 Å². The minimum atomic E-state index is 0.161. The molecule has 0 radical (unpaired) electrons.